The Labute approximate surface area is 103 Å². The summed E-state index contributed by atoms with van der Waals surface area (Å²) in [5.74, 6) is -2.49. The van der Waals surface area contributed by atoms with E-state index in [0.29, 0.717) is 12.1 Å². The number of aldehydes is 1. The van der Waals surface area contributed by atoms with E-state index < -0.39 is 32.1 Å². The number of hydrogen-bond acceptors (Lipinski definition) is 3. The maximum atomic E-state index is 13.2. The molecule has 0 saturated carbocycles. The fourth-order valence-electron chi connectivity index (χ4n) is 1.04. The average Bonchev–Trinajstić information content (AvgIpc) is 2.26. The van der Waals surface area contributed by atoms with Gasteiger partial charge in [-0.25, -0.2) is 8.78 Å². The molecule has 1 aromatic carbocycles. The fourth-order valence-corrected chi connectivity index (χ4v) is 1.98. The smallest absolute Gasteiger partial charge is 0.283 e. The van der Waals surface area contributed by atoms with E-state index in [1.165, 1.54) is 19.0 Å². The van der Waals surface area contributed by atoms with Crippen LogP contribution in [0.4, 0.5) is 8.78 Å². The molecular weight excluding hydrogens is 266 g/mol. The van der Waals surface area contributed by atoms with E-state index >= 15 is 0 Å². The second kappa shape index (κ2) is 5.21. The van der Waals surface area contributed by atoms with E-state index in [9.17, 15) is 22.0 Å². The maximum absolute atomic E-state index is 13.2. The highest BCUT2D eigenvalue weighted by atomic mass is 32.2. The zero-order valence-corrected chi connectivity index (χ0v) is 10.4. The van der Waals surface area contributed by atoms with Crippen LogP contribution >= 0.6 is 0 Å². The molecule has 5 nitrogen and oxygen atoms in total. The van der Waals surface area contributed by atoms with Gasteiger partial charge in [-0.1, -0.05) is 0 Å². The van der Waals surface area contributed by atoms with Gasteiger partial charge < -0.3 is 4.90 Å². The second-order valence-electron chi connectivity index (χ2n) is 3.58. The van der Waals surface area contributed by atoms with Gasteiger partial charge in [0.15, 0.2) is 6.29 Å². The monoisotopic (exact) mass is 276 g/mol. The minimum Gasteiger partial charge on any atom is -0.368 e. The summed E-state index contributed by atoms with van der Waals surface area (Å²) in [5, 5.41) is 0. The van der Waals surface area contributed by atoms with E-state index in [4.69, 9.17) is 0 Å². The molecule has 0 unspecified atom stereocenters. The molecule has 0 aliphatic carbocycles. The van der Waals surface area contributed by atoms with Gasteiger partial charge in [-0.2, -0.15) is 8.42 Å². The molecule has 0 heterocycles. The summed E-state index contributed by atoms with van der Waals surface area (Å²) in [6.45, 7) is 0. The first-order chi connectivity index (χ1) is 8.27. The Bertz CT molecular complexity index is 574. The highest BCUT2D eigenvalue weighted by molar-refractivity contribution is 7.90. The zero-order valence-electron chi connectivity index (χ0n) is 9.59. The van der Waals surface area contributed by atoms with Crippen molar-refractivity contribution in [2.75, 3.05) is 14.1 Å². The third kappa shape index (κ3) is 3.10. The van der Waals surface area contributed by atoms with Crippen LogP contribution < -0.4 is 0 Å². The Hall–Kier alpha value is -1.83. The number of benzene rings is 1. The SMILES string of the molecule is CN(C)C=NS(=O)(=O)c1cc(F)c(C=O)c(F)c1. The fraction of sp³-hybridized carbons (Fsp3) is 0.200. The molecule has 98 valence electrons. The predicted molar refractivity (Wildman–Crippen MR) is 61.1 cm³/mol. The Morgan fingerprint density at radius 3 is 2.11 bits per heavy atom. The van der Waals surface area contributed by atoms with Crippen molar-refractivity contribution in [2.24, 2.45) is 4.40 Å². The predicted octanol–water partition coefficient (Wildman–Crippen LogP) is 1.06. The van der Waals surface area contributed by atoms with Gasteiger partial charge in [-0.3, -0.25) is 4.79 Å². The molecule has 0 aliphatic heterocycles. The van der Waals surface area contributed by atoms with Crippen molar-refractivity contribution in [1.82, 2.24) is 4.90 Å². The number of halogens is 2. The van der Waals surface area contributed by atoms with E-state index in [1.807, 2.05) is 0 Å². The van der Waals surface area contributed by atoms with Gasteiger partial charge in [0.05, 0.1) is 10.5 Å². The lowest BCUT2D eigenvalue weighted by Gasteiger charge is -2.04. The Balaban J connectivity index is 3.31. The summed E-state index contributed by atoms with van der Waals surface area (Å²) in [6.07, 6.45) is 0.961. The molecule has 0 amide bonds. The van der Waals surface area contributed by atoms with E-state index in [0.717, 1.165) is 6.34 Å². The molecule has 18 heavy (non-hydrogen) atoms. The molecule has 0 atom stereocenters. The van der Waals surface area contributed by atoms with E-state index in [-0.39, 0.29) is 6.29 Å². The van der Waals surface area contributed by atoms with Crippen LogP contribution in [0.3, 0.4) is 0 Å². The third-order valence-corrected chi connectivity index (χ3v) is 3.09. The molecule has 0 radical (unpaired) electrons. The first-order valence-electron chi connectivity index (χ1n) is 4.69. The van der Waals surface area contributed by atoms with E-state index in [2.05, 4.69) is 4.40 Å². The number of sulfonamides is 1. The van der Waals surface area contributed by atoms with Gasteiger partial charge in [0.2, 0.25) is 0 Å². The second-order valence-corrected chi connectivity index (χ2v) is 5.21. The zero-order chi connectivity index (χ0) is 13.9. The third-order valence-electron chi connectivity index (χ3n) is 1.89. The van der Waals surface area contributed by atoms with Crippen LogP contribution in [0.2, 0.25) is 0 Å². The van der Waals surface area contributed by atoms with Crippen LogP contribution in [0.5, 0.6) is 0 Å². The summed E-state index contributed by atoms with van der Waals surface area (Å²) < 4.78 is 52.9. The van der Waals surface area contributed by atoms with Gasteiger partial charge in [0, 0.05) is 14.1 Å². The normalized spacial score (nSPS) is 11.8. The Morgan fingerprint density at radius 1 is 1.22 bits per heavy atom. The van der Waals surface area contributed by atoms with Crippen molar-refractivity contribution in [2.45, 2.75) is 4.90 Å². The highest BCUT2D eigenvalue weighted by Gasteiger charge is 2.18. The molecule has 0 fully saturated rings. The quantitative estimate of drug-likeness (QED) is 0.468. The van der Waals surface area contributed by atoms with Crippen LogP contribution in [0.15, 0.2) is 21.4 Å². The summed E-state index contributed by atoms with van der Waals surface area (Å²) in [6, 6.07) is 1.10. The van der Waals surface area contributed by atoms with Crippen molar-refractivity contribution in [1.29, 1.82) is 0 Å². The molecule has 0 bridgehead atoms. The number of hydrogen-bond donors (Lipinski definition) is 0. The van der Waals surface area contributed by atoms with Crippen LogP contribution in [-0.4, -0.2) is 40.0 Å². The molecule has 0 aromatic heterocycles. The molecule has 0 aliphatic rings. The molecular formula is C10H10F2N2O3S. The van der Waals surface area contributed by atoms with E-state index in [1.54, 1.807) is 0 Å². The maximum Gasteiger partial charge on any atom is 0.283 e. The number of carbonyl (C=O) groups excluding carboxylic acids is 1. The lowest BCUT2D eigenvalue weighted by atomic mass is 10.2. The number of rotatable bonds is 4. The standard InChI is InChI=1S/C10H10F2N2O3S/c1-14(2)6-13-18(16,17)7-3-9(11)8(5-15)10(12)4-7/h3-6H,1-2H3. The van der Waals surface area contributed by atoms with Gasteiger partial charge in [-0.15, -0.1) is 4.40 Å². The van der Waals surface area contributed by atoms with Crippen molar-refractivity contribution >= 4 is 22.6 Å². The van der Waals surface area contributed by atoms with Crippen molar-refractivity contribution in [3.63, 3.8) is 0 Å². The Morgan fingerprint density at radius 2 is 1.72 bits per heavy atom. The molecule has 0 N–H and O–H groups in total. The lowest BCUT2D eigenvalue weighted by Crippen LogP contribution is -2.10. The molecule has 0 spiro atoms. The molecule has 0 saturated heterocycles. The minimum atomic E-state index is -4.19. The van der Waals surface area contributed by atoms with Crippen LogP contribution in [0, 0.1) is 11.6 Å². The minimum absolute atomic E-state index is 0.0237. The first kappa shape index (κ1) is 14.2. The highest BCUT2D eigenvalue weighted by Crippen LogP contribution is 2.19. The molecule has 1 rings (SSSR count). The molecule has 8 heteroatoms. The largest absolute Gasteiger partial charge is 0.368 e. The average molecular weight is 276 g/mol. The van der Waals surface area contributed by atoms with Crippen molar-refractivity contribution in [3.8, 4) is 0 Å². The summed E-state index contributed by atoms with van der Waals surface area (Å²) in [5.41, 5.74) is -0.814. The topological polar surface area (TPSA) is 66.8 Å². The van der Waals surface area contributed by atoms with Gasteiger partial charge in [-0.05, 0) is 12.1 Å². The van der Waals surface area contributed by atoms with Gasteiger partial charge in [0.25, 0.3) is 10.0 Å². The number of carbonyl (C=O) groups is 1. The summed E-state index contributed by atoms with van der Waals surface area (Å²) >= 11 is 0. The van der Waals surface area contributed by atoms with Crippen molar-refractivity contribution in [3.05, 3.63) is 29.3 Å². The van der Waals surface area contributed by atoms with Crippen LogP contribution in [0.25, 0.3) is 0 Å². The first-order valence-corrected chi connectivity index (χ1v) is 6.13. The summed E-state index contributed by atoms with van der Waals surface area (Å²) in [7, 11) is -1.12. The Kier molecular flexibility index (Phi) is 4.12. The van der Waals surface area contributed by atoms with Crippen molar-refractivity contribution < 1.29 is 22.0 Å². The van der Waals surface area contributed by atoms with Crippen LogP contribution in [-0.2, 0) is 10.0 Å². The van der Waals surface area contributed by atoms with Gasteiger partial charge in [0.1, 0.15) is 18.0 Å². The van der Waals surface area contributed by atoms with Crippen LogP contribution in [0.1, 0.15) is 10.4 Å². The number of nitrogens with zero attached hydrogens (tertiary/aromatic N) is 2. The van der Waals surface area contributed by atoms with Gasteiger partial charge >= 0.3 is 0 Å². The summed E-state index contributed by atoms with van der Waals surface area (Å²) in [4.78, 5) is 11.1. The molecule has 1 aromatic rings. The lowest BCUT2D eigenvalue weighted by molar-refractivity contribution is 0.111.